The fourth-order valence-corrected chi connectivity index (χ4v) is 4.74. The third-order valence-corrected chi connectivity index (χ3v) is 6.00. The molecule has 2 saturated heterocycles. The Hall–Kier alpha value is -3.00. The number of nitrogens with one attached hydrogen (secondary N) is 1. The monoisotopic (exact) mass is 412 g/mol. The van der Waals surface area contributed by atoms with E-state index in [0.717, 1.165) is 5.56 Å². The van der Waals surface area contributed by atoms with Gasteiger partial charge in [-0.3, -0.25) is 9.59 Å². The zero-order valence-electron chi connectivity index (χ0n) is 17.0. The molecule has 0 spiro atoms. The standard InChI is InChI=1S/C22H25FN4O3/c1-24-21-17(7-4-8-25-21)22(29)26-10-15-11-27(19(28)13-30-2)20(18(15)12-26)14-5-3-6-16(23)9-14/h3-9,15,18,20H,10-13H2,1-2H3,(H,24,25)/t15-,18-,20+/m1/s1. The molecule has 2 aromatic rings. The Balaban J connectivity index is 1.61. The van der Waals surface area contributed by atoms with Gasteiger partial charge in [-0.15, -0.1) is 0 Å². The molecule has 2 aliphatic heterocycles. The number of likely N-dealkylation sites (tertiary alicyclic amines) is 2. The zero-order chi connectivity index (χ0) is 21.3. The number of fused-ring (bicyclic) bond motifs is 1. The van der Waals surface area contributed by atoms with E-state index in [-0.39, 0.29) is 42.1 Å². The first kappa shape index (κ1) is 20.3. The van der Waals surface area contributed by atoms with E-state index in [1.54, 1.807) is 36.3 Å². The summed E-state index contributed by atoms with van der Waals surface area (Å²) >= 11 is 0. The number of pyridine rings is 1. The van der Waals surface area contributed by atoms with Crippen LogP contribution in [0.4, 0.5) is 10.2 Å². The fraction of sp³-hybridized carbons (Fsp3) is 0.409. The second-order valence-corrected chi connectivity index (χ2v) is 7.76. The van der Waals surface area contributed by atoms with Gasteiger partial charge in [-0.1, -0.05) is 12.1 Å². The Morgan fingerprint density at radius 3 is 2.80 bits per heavy atom. The second kappa shape index (κ2) is 8.39. The maximum atomic E-state index is 13.9. The number of carbonyl (C=O) groups excluding carboxylic acids is 2. The maximum Gasteiger partial charge on any atom is 0.257 e. The first-order valence-electron chi connectivity index (χ1n) is 9.99. The largest absolute Gasteiger partial charge is 0.375 e. The Labute approximate surface area is 174 Å². The third-order valence-electron chi connectivity index (χ3n) is 6.00. The van der Waals surface area contributed by atoms with Crippen LogP contribution < -0.4 is 5.32 Å². The van der Waals surface area contributed by atoms with Crippen LogP contribution in [0.3, 0.4) is 0 Å². The van der Waals surface area contributed by atoms with Gasteiger partial charge < -0.3 is 19.9 Å². The summed E-state index contributed by atoms with van der Waals surface area (Å²) in [6, 6.07) is 9.58. The van der Waals surface area contributed by atoms with Crippen molar-refractivity contribution in [1.82, 2.24) is 14.8 Å². The number of carbonyl (C=O) groups is 2. The van der Waals surface area contributed by atoms with Gasteiger partial charge in [0.2, 0.25) is 5.91 Å². The van der Waals surface area contributed by atoms with E-state index in [2.05, 4.69) is 10.3 Å². The number of hydrogen-bond donors (Lipinski definition) is 1. The van der Waals surface area contributed by atoms with E-state index in [1.165, 1.54) is 19.2 Å². The Morgan fingerprint density at radius 2 is 2.07 bits per heavy atom. The molecule has 30 heavy (non-hydrogen) atoms. The van der Waals surface area contributed by atoms with Gasteiger partial charge >= 0.3 is 0 Å². The number of hydrogen-bond acceptors (Lipinski definition) is 5. The number of aromatic nitrogens is 1. The van der Waals surface area contributed by atoms with Gasteiger partial charge in [0.1, 0.15) is 18.2 Å². The molecule has 2 aliphatic rings. The molecule has 1 aromatic carbocycles. The summed E-state index contributed by atoms with van der Waals surface area (Å²) < 4.78 is 19.0. The fourth-order valence-electron chi connectivity index (χ4n) is 4.74. The average Bonchev–Trinajstić information content (AvgIpc) is 3.31. The van der Waals surface area contributed by atoms with Crippen LogP contribution in [0.15, 0.2) is 42.6 Å². The lowest BCUT2D eigenvalue weighted by Crippen LogP contribution is -2.39. The number of methoxy groups -OCH3 is 1. The van der Waals surface area contributed by atoms with Gasteiger partial charge in [0, 0.05) is 51.8 Å². The molecule has 158 valence electrons. The summed E-state index contributed by atoms with van der Waals surface area (Å²) in [7, 11) is 3.22. The molecule has 2 fully saturated rings. The Morgan fingerprint density at radius 1 is 1.23 bits per heavy atom. The summed E-state index contributed by atoms with van der Waals surface area (Å²) in [5, 5.41) is 2.96. The first-order chi connectivity index (χ1) is 14.5. The smallest absolute Gasteiger partial charge is 0.257 e. The highest BCUT2D eigenvalue weighted by Crippen LogP contribution is 2.45. The van der Waals surface area contributed by atoms with Gasteiger partial charge in [0.25, 0.3) is 5.91 Å². The molecule has 1 N–H and O–H groups in total. The van der Waals surface area contributed by atoms with Crippen molar-refractivity contribution in [3.63, 3.8) is 0 Å². The predicted molar refractivity (Wildman–Crippen MR) is 109 cm³/mol. The lowest BCUT2D eigenvalue weighted by molar-refractivity contribution is -0.136. The molecule has 4 rings (SSSR count). The lowest BCUT2D eigenvalue weighted by atomic mass is 9.89. The quantitative estimate of drug-likeness (QED) is 0.815. The first-order valence-corrected chi connectivity index (χ1v) is 9.99. The van der Waals surface area contributed by atoms with Crippen molar-refractivity contribution in [2.45, 2.75) is 6.04 Å². The molecule has 3 heterocycles. The van der Waals surface area contributed by atoms with Crippen LogP contribution in [0.1, 0.15) is 22.0 Å². The van der Waals surface area contributed by atoms with Crippen LogP contribution in [0.2, 0.25) is 0 Å². The molecule has 0 aliphatic carbocycles. The highest BCUT2D eigenvalue weighted by atomic mass is 19.1. The summed E-state index contributed by atoms with van der Waals surface area (Å²) in [6.07, 6.45) is 1.64. The van der Waals surface area contributed by atoms with Gasteiger partial charge in [-0.25, -0.2) is 9.37 Å². The molecule has 0 radical (unpaired) electrons. The van der Waals surface area contributed by atoms with E-state index in [4.69, 9.17) is 4.74 Å². The van der Waals surface area contributed by atoms with Crippen molar-refractivity contribution in [1.29, 1.82) is 0 Å². The molecular formula is C22H25FN4O3. The van der Waals surface area contributed by atoms with Crippen molar-refractivity contribution in [3.8, 4) is 0 Å². The predicted octanol–water partition coefficient (Wildman–Crippen LogP) is 2.18. The number of amides is 2. The minimum Gasteiger partial charge on any atom is -0.375 e. The Kier molecular flexibility index (Phi) is 5.67. The van der Waals surface area contributed by atoms with Crippen molar-refractivity contribution in [2.24, 2.45) is 11.8 Å². The topological polar surface area (TPSA) is 74.8 Å². The van der Waals surface area contributed by atoms with Crippen molar-refractivity contribution in [3.05, 3.63) is 59.5 Å². The van der Waals surface area contributed by atoms with Crippen LogP contribution in [-0.2, 0) is 9.53 Å². The third kappa shape index (κ3) is 3.63. The van der Waals surface area contributed by atoms with Crippen molar-refractivity contribution >= 4 is 17.6 Å². The van der Waals surface area contributed by atoms with E-state index >= 15 is 0 Å². The normalized spacial score (nSPS) is 22.8. The van der Waals surface area contributed by atoms with E-state index < -0.39 is 0 Å². The number of rotatable bonds is 5. The molecule has 8 heteroatoms. The van der Waals surface area contributed by atoms with Gasteiger partial charge in [0.15, 0.2) is 0 Å². The van der Waals surface area contributed by atoms with Crippen molar-refractivity contribution < 1.29 is 18.7 Å². The van der Waals surface area contributed by atoms with Gasteiger partial charge in [-0.2, -0.15) is 0 Å². The summed E-state index contributed by atoms with van der Waals surface area (Å²) in [4.78, 5) is 33.7. The van der Waals surface area contributed by atoms with E-state index in [0.29, 0.717) is 31.0 Å². The molecule has 1 aromatic heterocycles. The molecule has 7 nitrogen and oxygen atoms in total. The van der Waals surface area contributed by atoms with E-state index in [9.17, 15) is 14.0 Å². The summed E-state index contributed by atoms with van der Waals surface area (Å²) in [5.41, 5.74) is 1.27. The van der Waals surface area contributed by atoms with Crippen LogP contribution in [0, 0.1) is 17.7 Å². The number of ether oxygens (including phenoxy) is 1. The highest BCUT2D eigenvalue weighted by molar-refractivity contribution is 5.98. The van der Waals surface area contributed by atoms with Crippen LogP contribution >= 0.6 is 0 Å². The van der Waals surface area contributed by atoms with Crippen LogP contribution in [0.25, 0.3) is 0 Å². The summed E-state index contributed by atoms with van der Waals surface area (Å²) in [6.45, 7) is 1.54. The number of halogens is 1. The number of benzene rings is 1. The molecular weight excluding hydrogens is 387 g/mol. The minimum atomic E-state index is -0.338. The van der Waals surface area contributed by atoms with E-state index in [1.807, 2.05) is 11.0 Å². The average molecular weight is 412 g/mol. The molecule has 0 bridgehead atoms. The van der Waals surface area contributed by atoms with Gasteiger partial charge in [-0.05, 0) is 29.8 Å². The zero-order valence-corrected chi connectivity index (χ0v) is 17.0. The molecule has 2 amide bonds. The number of anilines is 1. The molecule has 0 unspecified atom stereocenters. The lowest BCUT2D eigenvalue weighted by Gasteiger charge is -2.30. The highest BCUT2D eigenvalue weighted by Gasteiger charge is 2.50. The van der Waals surface area contributed by atoms with Crippen LogP contribution in [0.5, 0.6) is 0 Å². The SMILES string of the molecule is CNc1ncccc1C(=O)N1C[C@@H]2CN(C(=O)COC)[C@@H](c3cccc(F)c3)[C@@H]2C1. The maximum absolute atomic E-state index is 13.9. The van der Waals surface area contributed by atoms with Crippen LogP contribution in [-0.4, -0.2) is 67.0 Å². The van der Waals surface area contributed by atoms with Crippen molar-refractivity contribution in [2.75, 3.05) is 45.7 Å². The second-order valence-electron chi connectivity index (χ2n) is 7.76. The molecule has 0 saturated carbocycles. The number of nitrogens with zero attached hydrogens (tertiary/aromatic N) is 3. The van der Waals surface area contributed by atoms with Gasteiger partial charge in [0.05, 0.1) is 11.6 Å². The molecule has 3 atom stereocenters. The summed E-state index contributed by atoms with van der Waals surface area (Å²) in [5.74, 6) is 0.149. The minimum absolute atomic E-state index is 0.0187. The Bertz CT molecular complexity index is 953.